The fourth-order valence-electron chi connectivity index (χ4n) is 2.61. The van der Waals surface area contributed by atoms with E-state index in [1.54, 1.807) is 18.7 Å². The minimum Gasteiger partial charge on any atom is -0.342 e. The number of carbonyl (C=O) groups is 2. The summed E-state index contributed by atoms with van der Waals surface area (Å²) < 4.78 is 0. The minimum atomic E-state index is -0.823. The molecule has 0 radical (unpaired) electrons. The van der Waals surface area contributed by atoms with E-state index in [4.69, 9.17) is 0 Å². The molecule has 1 heterocycles. The third kappa shape index (κ3) is 2.94. The number of rotatable bonds is 4. The average molecular weight is 288 g/mol. The quantitative estimate of drug-likeness (QED) is 0.924. The van der Waals surface area contributed by atoms with Crippen molar-refractivity contribution in [1.29, 1.82) is 0 Å². The van der Waals surface area contributed by atoms with Crippen molar-refractivity contribution in [2.45, 2.75) is 52.2 Å². The number of nitrogens with zero attached hydrogens (tertiary/aromatic N) is 1. The fraction of sp³-hybridized carbons (Fsp3) is 0.529. The van der Waals surface area contributed by atoms with Crippen LogP contribution in [0.2, 0.25) is 0 Å². The number of nitrogens with one attached hydrogen (secondary N) is 1. The van der Waals surface area contributed by atoms with Crippen molar-refractivity contribution in [3.8, 4) is 0 Å². The second-order valence-electron chi connectivity index (χ2n) is 6.31. The molecule has 0 bridgehead atoms. The standard InChI is InChI=1S/C17H24N2O2/c1-5-12(2)14-15(20)19(17(3,4)16(21)18-14)11-13-9-7-6-8-10-13/h6-10,12,14H,5,11H2,1-4H3,(H,18,21). The zero-order valence-electron chi connectivity index (χ0n) is 13.2. The molecule has 0 spiro atoms. The molecule has 1 N–H and O–H groups in total. The Bertz CT molecular complexity index is 525. The van der Waals surface area contributed by atoms with Crippen molar-refractivity contribution in [3.05, 3.63) is 35.9 Å². The van der Waals surface area contributed by atoms with E-state index in [0.717, 1.165) is 12.0 Å². The second-order valence-corrected chi connectivity index (χ2v) is 6.31. The lowest BCUT2D eigenvalue weighted by Crippen LogP contribution is -2.69. The predicted molar refractivity (Wildman–Crippen MR) is 82.5 cm³/mol. The molecule has 4 heteroatoms. The summed E-state index contributed by atoms with van der Waals surface area (Å²) in [4.78, 5) is 26.9. The first-order valence-corrected chi connectivity index (χ1v) is 7.54. The molecular formula is C17H24N2O2. The van der Waals surface area contributed by atoms with Crippen molar-refractivity contribution >= 4 is 11.8 Å². The highest BCUT2D eigenvalue weighted by atomic mass is 16.2. The zero-order valence-corrected chi connectivity index (χ0v) is 13.2. The first-order valence-electron chi connectivity index (χ1n) is 7.54. The van der Waals surface area contributed by atoms with Crippen LogP contribution in [0.3, 0.4) is 0 Å². The molecule has 21 heavy (non-hydrogen) atoms. The Labute approximate surface area is 126 Å². The maximum Gasteiger partial charge on any atom is 0.246 e. The normalized spacial score (nSPS) is 22.9. The highest BCUT2D eigenvalue weighted by Gasteiger charge is 2.47. The van der Waals surface area contributed by atoms with Crippen molar-refractivity contribution < 1.29 is 9.59 Å². The van der Waals surface area contributed by atoms with Crippen LogP contribution in [0.4, 0.5) is 0 Å². The SMILES string of the molecule is CCC(C)C1NC(=O)C(C)(C)N(Cc2ccccc2)C1=O. The molecule has 4 nitrogen and oxygen atoms in total. The maximum atomic E-state index is 12.8. The average Bonchev–Trinajstić information content (AvgIpc) is 2.48. The molecule has 114 valence electrons. The van der Waals surface area contributed by atoms with Crippen molar-refractivity contribution in [3.63, 3.8) is 0 Å². The van der Waals surface area contributed by atoms with Gasteiger partial charge >= 0.3 is 0 Å². The van der Waals surface area contributed by atoms with E-state index >= 15 is 0 Å². The van der Waals surface area contributed by atoms with E-state index in [1.807, 2.05) is 44.2 Å². The molecule has 1 aliphatic rings. The molecule has 1 fully saturated rings. The first-order chi connectivity index (χ1) is 9.87. The van der Waals surface area contributed by atoms with Gasteiger partial charge in [0.05, 0.1) is 0 Å². The smallest absolute Gasteiger partial charge is 0.246 e. The second kappa shape index (κ2) is 5.88. The van der Waals surface area contributed by atoms with E-state index < -0.39 is 11.6 Å². The molecule has 0 aliphatic carbocycles. The Kier molecular flexibility index (Phi) is 4.35. The summed E-state index contributed by atoms with van der Waals surface area (Å²) >= 11 is 0. The minimum absolute atomic E-state index is 0.0119. The molecule has 2 rings (SSSR count). The van der Waals surface area contributed by atoms with E-state index in [1.165, 1.54) is 0 Å². The summed E-state index contributed by atoms with van der Waals surface area (Å²) in [6, 6.07) is 9.38. The number of hydrogen-bond donors (Lipinski definition) is 1. The summed E-state index contributed by atoms with van der Waals surface area (Å²) in [5.74, 6) is 0.0666. The van der Waals surface area contributed by atoms with Gasteiger partial charge in [-0.2, -0.15) is 0 Å². The van der Waals surface area contributed by atoms with Gasteiger partial charge in [0.1, 0.15) is 11.6 Å². The van der Waals surface area contributed by atoms with Crippen molar-refractivity contribution in [2.75, 3.05) is 0 Å². The van der Waals surface area contributed by atoms with Crippen LogP contribution in [0.1, 0.15) is 39.7 Å². The Morgan fingerprint density at radius 3 is 2.43 bits per heavy atom. The lowest BCUT2D eigenvalue weighted by atomic mass is 9.89. The predicted octanol–water partition coefficient (Wildman–Crippen LogP) is 2.34. The topological polar surface area (TPSA) is 49.4 Å². The van der Waals surface area contributed by atoms with Crippen LogP contribution in [-0.2, 0) is 16.1 Å². The van der Waals surface area contributed by atoms with Crippen LogP contribution in [0.5, 0.6) is 0 Å². The number of carbonyl (C=O) groups excluding carboxylic acids is 2. The molecule has 1 saturated heterocycles. The third-order valence-electron chi connectivity index (χ3n) is 4.45. The van der Waals surface area contributed by atoms with E-state index in [2.05, 4.69) is 5.32 Å². The fourth-order valence-corrected chi connectivity index (χ4v) is 2.61. The van der Waals surface area contributed by atoms with Crippen LogP contribution < -0.4 is 5.32 Å². The Balaban J connectivity index is 2.29. The highest BCUT2D eigenvalue weighted by Crippen LogP contribution is 2.26. The van der Waals surface area contributed by atoms with Gasteiger partial charge in [0.15, 0.2) is 0 Å². The number of amides is 2. The van der Waals surface area contributed by atoms with E-state index in [0.29, 0.717) is 6.54 Å². The van der Waals surface area contributed by atoms with Gasteiger partial charge in [-0.3, -0.25) is 9.59 Å². The number of piperazine rings is 1. The van der Waals surface area contributed by atoms with Crippen LogP contribution >= 0.6 is 0 Å². The summed E-state index contributed by atoms with van der Waals surface area (Å²) in [5.41, 5.74) is 0.216. The summed E-state index contributed by atoms with van der Waals surface area (Å²) in [5, 5.41) is 2.89. The highest BCUT2D eigenvalue weighted by molar-refractivity contribution is 5.99. The molecule has 1 aromatic carbocycles. The Morgan fingerprint density at radius 1 is 1.24 bits per heavy atom. The molecule has 1 aliphatic heterocycles. The van der Waals surface area contributed by atoms with Crippen molar-refractivity contribution in [1.82, 2.24) is 10.2 Å². The molecule has 0 aromatic heterocycles. The van der Waals surface area contributed by atoms with Gasteiger partial charge in [-0.05, 0) is 25.3 Å². The molecule has 2 unspecified atom stereocenters. The number of hydrogen-bond acceptors (Lipinski definition) is 2. The van der Waals surface area contributed by atoms with Crippen LogP contribution in [0, 0.1) is 5.92 Å². The largest absolute Gasteiger partial charge is 0.342 e. The van der Waals surface area contributed by atoms with Gasteiger partial charge in [0.2, 0.25) is 11.8 Å². The van der Waals surface area contributed by atoms with Gasteiger partial charge in [-0.15, -0.1) is 0 Å². The van der Waals surface area contributed by atoms with Gasteiger partial charge in [0, 0.05) is 6.54 Å². The van der Waals surface area contributed by atoms with Crippen LogP contribution in [0.15, 0.2) is 30.3 Å². The molecule has 2 atom stereocenters. The van der Waals surface area contributed by atoms with E-state index in [9.17, 15) is 9.59 Å². The zero-order chi connectivity index (χ0) is 15.6. The van der Waals surface area contributed by atoms with Crippen molar-refractivity contribution in [2.24, 2.45) is 5.92 Å². The summed E-state index contributed by atoms with van der Waals surface area (Å²) in [6.07, 6.45) is 0.857. The van der Waals surface area contributed by atoms with E-state index in [-0.39, 0.29) is 17.7 Å². The monoisotopic (exact) mass is 288 g/mol. The number of benzene rings is 1. The first kappa shape index (κ1) is 15.5. The lowest BCUT2D eigenvalue weighted by Gasteiger charge is -2.45. The van der Waals surface area contributed by atoms with Crippen LogP contribution in [-0.4, -0.2) is 28.3 Å². The van der Waals surface area contributed by atoms with Gasteiger partial charge in [-0.1, -0.05) is 50.6 Å². The van der Waals surface area contributed by atoms with Crippen LogP contribution in [0.25, 0.3) is 0 Å². The Hall–Kier alpha value is -1.84. The van der Waals surface area contributed by atoms with Gasteiger partial charge < -0.3 is 10.2 Å². The molecular weight excluding hydrogens is 264 g/mol. The lowest BCUT2D eigenvalue weighted by molar-refractivity contribution is -0.157. The molecule has 0 saturated carbocycles. The third-order valence-corrected chi connectivity index (χ3v) is 4.45. The van der Waals surface area contributed by atoms with Gasteiger partial charge in [-0.25, -0.2) is 0 Å². The van der Waals surface area contributed by atoms with Gasteiger partial charge in [0.25, 0.3) is 0 Å². The summed E-state index contributed by atoms with van der Waals surface area (Å²) in [6.45, 7) is 8.10. The molecule has 2 amide bonds. The Morgan fingerprint density at radius 2 is 1.86 bits per heavy atom. The maximum absolute atomic E-state index is 12.8. The summed E-state index contributed by atoms with van der Waals surface area (Å²) in [7, 11) is 0. The molecule has 1 aromatic rings.